The summed E-state index contributed by atoms with van der Waals surface area (Å²) in [4.78, 5) is 22.4. The summed E-state index contributed by atoms with van der Waals surface area (Å²) in [6, 6.07) is 8.15. The average Bonchev–Trinajstić information content (AvgIpc) is 2.96. The van der Waals surface area contributed by atoms with Crippen molar-refractivity contribution in [3.8, 4) is 0 Å². The highest BCUT2D eigenvalue weighted by atomic mass is 16.2. The zero-order valence-corrected chi connectivity index (χ0v) is 13.5. The monoisotopic (exact) mass is 299 g/mol. The first-order valence-corrected chi connectivity index (χ1v) is 8.36. The number of benzene rings is 1. The molecule has 1 amide bonds. The van der Waals surface area contributed by atoms with Crippen LogP contribution in [0.1, 0.15) is 51.3 Å². The molecule has 0 radical (unpaired) electrons. The Morgan fingerprint density at radius 1 is 1.32 bits per heavy atom. The number of nitrogens with zero attached hydrogens (tertiary/aromatic N) is 2. The number of nitrogens with one attached hydrogen (secondary N) is 1. The van der Waals surface area contributed by atoms with Crippen molar-refractivity contribution in [2.24, 2.45) is 5.92 Å². The molecule has 1 saturated heterocycles. The number of rotatable bonds is 4. The molecular weight excluding hydrogens is 274 g/mol. The zero-order chi connectivity index (χ0) is 15.5. The highest BCUT2D eigenvalue weighted by Gasteiger charge is 2.25. The fourth-order valence-corrected chi connectivity index (χ4v) is 3.14. The second-order valence-electron chi connectivity index (χ2n) is 6.73. The lowest BCUT2D eigenvalue weighted by molar-refractivity contribution is -0.132. The lowest BCUT2D eigenvalue weighted by Crippen LogP contribution is -2.38. The highest BCUT2D eigenvalue weighted by Crippen LogP contribution is 2.28. The number of fused-ring (bicyclic) bond motifs is 1. The Morgan fingerprint density at radius 2 is 2.05 bits per heavy atom. The molecule has 4 heteroatoms. The van der Waals surface area contributed by atoms with E-state index in [-0.39, 0.29) is 0 Å². The van der Waals surface area contributed by atoms with Gasteiger partial charge in [0.2, 0.25) is 5.91 Å². The van der Waals surface area contributed by atoms with Crippen LogP contribution >= 0.6 is 0 Å². The van der Waals surface area contributed by atoms with Gasteiger partial charge in [-0.25, -0.2) is 4.98 Å². The number of para-hydroxylation sites is 2. The molecule has 0 bridgehead atoms. The molecule has 2 heterocycles. The van der Waals surface area contributed by atoms with Gasteiger partial charge in [0.25, 0.3) is 0 Å². The van der Waals surface area contributed by atoms with Gasteiger partial charge < -0.3 is 9.88 Å². The predicted octanol–water partition coefficient (Wildman–Crippen LogP) is 3.71. The van der Waals surface area contributed by atoms with Gasteiger partial charge >= 0.3 is 0 Å². The Labute approximate surface area is 131 Å². The van der Waals surface area contributed by atoms with Gasteiger partial charge in [0.15, 0.2) is 0 Å². The topological polar surface area (TPSA) is 49.0 Å². The Kier molecular flexibility index (Phi) is 4.46. The molecule has 1 aromatic carbocycles. The number of imidazole rings is 1. The van der Waals surface area contributed by atoms with E-state index in [0.29, 0.717) is 24.2 Å². The largest absolute Gasteiger partial charge is 0.343 e. The summed E-state index contributed by atoms with van der Waals surface area (Å²) in [5, 5.41) is 0. The maximum absolute atomic E-state index is 12.2. The second kappa shape index (κ2) is 6.51. The van der Waals surface area contributed by atoms with Crippen LogP contribution in [0.15, 0.2) is 24.3 Å². The highest BCUT2D eigenvalue weighted by molar-refractivity contribution is 5.76. The van der Waals surface area contributed by atoms with Crippen LogP contribution in [-0.2, 0) is 4.79 Å². The Balaban J connectivity index is 1.58. The Hall–Kier alpha value is -1.84. The third-order valence-corrected chi connectivity index (χ3v) is 4.58. The van der Waals surface area contributed by atoms with Crippen molar-refractivity contribution in [1.29, 1.82) is 0 Å². The lowest BCUT2D eigenvalue weighted by Gasteiger charge is -2.31. The summed E-state index contributed by atoms with van der Waals surface area (Å²) >= 11 is 0. The van der Waals surface area contributed by atoms with Gasteiger partial charge in [0.05, 0.1) is 11.0 Å². The number of hydrogen-bond donors (Lipinski definition) is 1. The fraction of sp³-hybridized carbons (Fsp3) is 0.556. The summed E-state index contributed by atoms with van der Waals surface area (Å²) in [6.45, 7) is 6.06. The van der Waals surface area contributed by atoms with Gasteiger partial charge in [-0.15, -0.1) is 0 Å². The van der Waals surface area contributed by atoms with Crippen LogP contribution in [0.2, 0.25) is 0 Å². The minimum atomic E-state index is 0.316. The molecule has 0 spiro atoms. The summed E-state index contributed by atoms with van der Waals surface area (Å²) < 4.78 is 0. The van der Waals surface area contributed by atoms with Crippen LogP contribution in [0.25, 0.3) is 11.0 Å². The zero-order valence-electron chi connectivity index (χ0n) is 13.5. The number of piperidine rings is 1. The Bertz CT molecular complexity index is 606. The molecule has 1 aliphatic heterocycles. The van der Waals surface area contributed by atoms with E-state index in [0.717, 1.165) is 49.2 Å². The summed E-state index contributed by atoms with van der Waals surface area (Å²) in [5.74, 6) is 2.44. The van der Waals surface area contributed by atoms with Gasteiger partial charge in [-0.05, 0) is 37.3 Å². The molecule has 0 atom stereocenters. The van der Waals surface area contributed by atoms with Crippen LogP contribution in [-0.4, -0.2) is 33.9 Å². The molecule has 1 aromatic heterocycles. The van der Waals surface area contributed by atoms with Crippen molar-refractivity contribution in [3.05, 3.63) is 30.1 Å². The maximum atomic E-state index is 12.2. The first kappa shape index (κ1) is 15.1. The van der Waals surface area contributed by atoms with Crippen LogP contribution in [0.3, 0.4) is 0 Å². The second-order valence-corrected chi connectivity index (χ2v) is 6.73. The Morgan fingerprint density at radius 3 is 2.73 bits per heavy atom. The van der Waals surface area contributed by atoms with Crippen molar-refractivity contribution < 1.29 is 4.79 Å². The predicted molar refractivity (Wildman–Crippen MR) is 88.7 cm³/mol. The van der Waals surface area contributed by atoms with Crippen molar-refractivity contribution in [3.63, 3.8) is 0 Å². The van der Waals surface area contributed by atoms with Crippen molar-refractivity contribution in [2.45, 2.75) is 45.4 Å². The van der Waals surface area contributed by atoms with E-state index in [2.05, 4.69) is 24.9 Å². The summed E-state index contributed by atoms with van der Waals surface area (Å²) in [5.41, 5.74) is 2.14. The number of H-pyrrole nitrogens is 1. The van der Waals surface area contributed by atoms with Gasteiger partial charge in [-0.2, -0.15) is 0 Å². The third kappa shape index (κ3) is 3.32. The first-order valence-electron chi connectivity index (χ1n) is 8.36. The van der Waals surface area contributed by atoms with E-state index >= 15 is 0 Å². The first-order chi connectivity index (χ1) is 10.6. The number of carbonyl (C=O) groups is 1. The van der Waals surface area contributed by atoms with Crippen molar-refractivity contribution in [2.75, 3.05) is 13.1 Å². The number of carbonyl (C=O) groups excluding carboxylic acids is 1. The third-order valence-electron chi connectivity index (χ3n) is 4.58. The van der Waals surface area contributed by atoms with Crippen molar-refractivity contribution >= 4 is 16.9 Å². The van der Waals surface area contributed by atoms with Crippen LogP contribution in [0.5, 0.6) is 0 Å². The lowest BCUT2D eigenvalue weighted by atomic mass is 9.95. The van der Waals surface area contributed by atoms with Gasteiger partial charge in [-0.3, -0.25) is 4.79 Å². The molecule has 118 valence electrons. The van der Waals surface area contributed by atoms with Gasteiger partial charge in [0, 0.05) is 25.4 Å². The smallest absolute Gasteiger partial charge is 0.222 e. The summed E-state index contributed by atoms with van der Waals surface area (Å²) in [7, 11) is 0. The molecule has 3 rings (SSSR count). The van der Waals surface area contributed by atoms with Crippen LogP contribution in [0.4, 0.5) is 0 Å². The van der Waals surface area contributed by atoms with E-state index in [1.807, 2.05) is 23.1 Å². The standard InChI is InChI=1S/C18H25N3O/c1-13(2)7-8-17(22)21-11-9-14(10-12-21)18-19-15-5-3-4-6-16(15)20-18/h3-6,13-14H,7-12H2,1-2H3,(H,19,20). The van der Waals surface area contributed by atoms with E-state index in [4.69, 9.17) is 4.98 Å². The SMILES string of the molecule is CC(C)CCC(=O)N1CCC(c2nc3ccccc3[nH]2)CC1. The molecule has 22 heavy (non-hydrogen) atoms. The van der Waals surface area contributed by atoms with Crippen molar-refractivity contribution in [1.82, 2.24) is 14.9 Å². The quantitative estimate of drug-likeness (QED) is 0.935. The fourth-order valence-electron chi connectivity index (χ4n) is 3.14. The molecule has 0 aliphatic carbocycles. The molecule has 1 aliphatic rings. The van der Waals surface area contributed by atoms with Crippen LogP contribution in [0, 0.1) is 5.92 Å². The number of aromatic nitrogens is 2. The van der Waals surface area contributed by atoms with E-state index in [1.165, 1.54) is 0 Å². The molecule has 0 unspecified atom stereocenters. The number of aromatic amines is 1. The minimum absolute atomic E-state index is 0.316. The summed E-state index contributed by atoms with van der Waals surface area (Å²) in [6.07, 6.45) is 3.69. The molecular formula is C18H25N3O. The minimum Gasteiger partial charge on any atom is -0.343 e. The van der Waals surface area contributed by atoms with E-state index in [1.54, 1.807) is 0 Å². The van der Waals surface area contributed by atoms with Gasteiger partial charge in [0.1, 0.15) is 5.82 Å². The normalized spacial score (nSPS) is 16.6. The number of amides is 1. The van der Waals surface area contributed by atoms with Gasteiger partial charge in [-0.1, -0.05) is 26.0 Å². The number of hydrogen-bond acceptors (Lipinski definition) is 2. The number of likely N-dealkylation sites (tertiary alicyclic amines) is 1. The van der Waals surface area contributed by atoms with Crippen LogP contribution < -0.4 is 0 Å². The maximum Gasteiger partial charge on any atom is 0.222 e. The molecule has 1 fully saturated rings. The molecule has 1 N–H and O–H groups in total. The molecule has 4 nitrogen and oxygen atoms in total. The average molecular weight is 299 g/mol. The molecule has 2 aromatic rings. The van der Waals surface area contributed by atoms with E-state index in [9.17, 15) is 4.79 Å². The molecule has 0 saturated carbocycles. The van der Waals surface area contributed by atoms with E-state index < -0.39 is 0 Å².